The van der Waals surface area contributed by atoms with Crippen LogP contribution in [0, 0.1) is 0 Å². The van der Waals surface area contributed by atoms with Gasteiger partial charge in [0.25, 0.3) is 0 Å². The molecule has 0 spiro atoms. The lowest BCUT2D eigenvalue weighted by Gasteiger charge is -2.23. The van der Waals surface area contributed by atoms with Gasteiger partial charge in [0.15, 0.2) is 0 Å². The highest BCUT2D eigenvalue weighted by molar-refractivity contribution is 9.09. The molecule has 0 bridgehead atoms. The standard InChI is InChI=1S/C7H13BrSi/c1-9(2)5-3-7(8)4-6-9/h3,5,7H,4,6H2,1-2H3. The SMILES string of the molecule is C[Si]1(C)C=CC(Br)CC1. The molecule has 1 aliphatic heterocycles. The van der Waals surface area contributed by atoms with Crippen molar-refractivity contribution in [2.75, 3.05) is 0 Å². The van der Waals surface area contributed by atoms with E-state index in [1.165, 1.54) is 12.5 Å². The van der Waals surface area contributed by atoms with Crippen LogP contribution in [-0.2, 0) is 0 Å². The number of rotatable bonds is 0. The predicted molar refractivity (Wildman–Crippen MR) is 48.8 cm³/mol. The number of halogens is 1. The van der Waals surface area contributed by atoms with Crippen molar-refractivity contribution >= 4 is 24.0 Å². The van der Waals surface area contributed by atoms with Crippen molar-refractivity contribution in [3.05, 3.63) is 11.8 Å². The minimum absolute atomic E-state index is 0.665. The van der Waals surface area contributed by atoms with Crippen LogP contribution in [-0.4, -0.2) is 12.9 Å². The van der Waals surface area contributed by atoms with E-state index < -0.39 is 8.07 Å². The Hall–Kier alpha value is 0.437. The molecular formula is C7H13BrSi. The van der Waals surface area contributed by atoms with Crippen molar-refractivity contribution in [2.24, 2.45) is 0 Å². The summed E-state index contributed by atoms with van der Waals surface area (Å²) in [6, 6.07) is 1.44. The summed E-state index contributed by atoms with van der Waals surface area (Å²) in [6.07, 6.45) is 3.66. The lowest BCUT2D eigenvalue weighted by molar-refractivity contribution is 0.951. The molecule has 1 rings (SSSR count). The van der Waals surface area contributed by atoms with Crippen LogP contribution >= 0.6 is 15.9 Å². The zero-order valence-electron chi connectivity index (χ0n) is 6.02. The highest BCUT2D eigenvalue weighted by atomic mass is 79.9. The van der Waals surface area contributed by atoms with Gasteiger partial charge in [-0.15, -0.1) is 0 Å². The summed E-state index contributed by atoms with van der Waals surface area (Å²) in [5, 5.41) is 0. The van der Waals surface area contributed by atoms with Gasteiger partial charge in [-0.25, -0.2) is 0 Å². The summed E-state index contributed by atoms with van der Waals surface area (Å²) in [7, 11) is -0.843. The third kappa shape index (κ3) is 2.26. The molecule has 0 aromatic carbocycles. The molecule has 1 unspecified atom stereocenters. The third-order valence-corrected chi connectivity index (χ3v) is 5.26. The van der Waals surface area contributed by atoms with Crippen LogP contribution in [0.25, 0.3) is 0 Å². The van der Waals surface area contributed by atoms with Gasteiger partial charge in [0, 0.05) is 4.83 Å². The highest BCUT2D eigenvalue weighted by Gasteiger charge is 2.21. The fourth-order valence-electron chi connectivity index (χ4n) is 1.05. The van der Waals surface area contributed by atoms with E-state index in [1.54, 1.807) is 0 Å². The quantitative estimate of drug-likeness (QED) is 0.421. The highest BCUT2D eigenvalue weighted by Crippen LogP contribution is 2.24. The number of hydrogen-bond acceptors (Lipinski definition) is 0. The van der Waals surface area contributed by atoms with Crippen LogP contribution < -0.4 is 0 Å². The fraction of sp³-hybridized carbons (Fsp3) is 0.714. The Morgan fingerprint density at radius 3 is 2.56 bits per heavy atom. The molecule has 0 saturated carbocycles. The zero-order chi connectivity index (χ0) is 6.91. The normalized spacial score (nSPS) is 32.6. The topological polar surface area (TPSA) is 0 Å². The first-order valence-electron chi connectivity index (χ1n) is 3.44. The van der Waals surface area contributed by atoms with Crippen LogP contribution in [0.4, 0.5) is 0 Å². The molecule has 2 heteroatoms. The summed E-state index contributed by atoms with van der Waals surface area (Å²) in [4.78, 5) is 0.665. The molecule has 1 atom stereocenters. The zero-order valence-corrected chi connectivity index (χ0v) is 8.61. The van der Waals surface area contributed by atoms with Crippen molar-refractivity contribution in [3.8, 4) is 0 Å². The fourth-order valence-corrected chi connectivity index (χ4v) is 4.12. The van der Waals surface area contributed by atoms with Crippen molar-refractivity contribution in [1.29, 1.82) is 0 Å². The van der Waals surface area contributed by atoms with Crippen molar-refractivity contribution < 1.29 is 0 Å². The van der Waals surface area contributed by atoms with Crippen molar-refractivity contribution in [2.45, 2.75) is 30.4 Å². The first-order valence-corrected chi connectivity index (χ1v) is 7.64. The molecule has 0 aromatic rings. The van der Waals surface area contributed by atoms with Crippen LogP contribution in [0.2, 0.25) is 19.1 Å². The lowest BCUT2D eigenvalue weighted by Crippen LogP contribution is -2.26. The average molecular weight is 205 g/mol. The van der Waals surface area contributed by atoms with E-state index in [1.807, 2.05) is 0 Å². The summed E-state index contributed by atoms with van der Waals surface area (Å²) in [6.45, 7) is 4.84. The summed E-state index contributed by atoms with van der Waals surface area (Å²) < 4.78 is 0. The van der Waals surface area contributed by atoms with Gasteiger partial charge in [-0.1, -0.05) is 46.8 Å². The number of alkyl halides is 1. The van der Waals surface area contributed by atoms with Crippen molar-refractivity contribution in [3.63, 3.8) is 0 Å². The Morgan fingerprint density at radius 1 is 1.56 bits per heavy atom. The maximum atomic E-state index is 3.58. The summed E-state index contributed by atoms with van der Waals surface area (Å²) in [5.74, 6) is 0. The third-order valence-electron chi connectivity index (χ3n) is 1.82. The molecule has 1 aliphatic rings. The van der Waals surface area contributed by atoms with Gasteiger partial charge in [0.1, 0.15) is 0 Å². The second-order valence-electron chi connectivity index (χ2n) is 3.40. The molecule has 0 aromatic heterocycles. The van der Waals surface area contributed by atoms with Crippen LogP contribution in [0.5, 0.6) is 0 Å². The molecule has 0 radical (unpaired) electrons. The molecule has 0 saturated heterocycles. The Morgan fingerprint density at radius 2 is 2.22 bits per heavy atom. The van der Waals surface area contributed by atoms with Crippen molar-refractivity contribution in [1.82, 2.24) is 0 Å². The Bertz CT molecular complexity index is 129. The first-order chi connectivity index (χ1) is 4.10. The van der Waals surface area contributed by atoms with Gasteiger partial charge in [0.2, 0.25) is 0 Å². The van der Waals surface area contributed by atoms with Gasteiger partial charge in [-0.3, -0.25) is 0 Å². The molecule has 52 valence electrons. The van der Waals surface area contributed by atoms with E-state index in [0.717, 1.165) is 0 Å². The smallest absolute Gasteiger partial charge is 0.0714 e. The van der Waals surface area contributed by atoms with E-state index in [9.17, 15) is 0 Å². The molecule has 0 aliphatic carbocycles. The Balaban J connectivity index is 2.58. The van der Waals surface area contributed by atoms with Gasteiger partial charge in [-0.05, 0) is 6.42 Å². The molecule has 0 fully saturated rings. The maximum absolute atomic E-state index is 3.58. The van der Waals surface area contributed by atoms with E-state index in [-0.39, 0.29) is 0 Å². The predicted octanol–water partition coefficient (Wildman–Crippen LogP) is 2.96. The number of hydrogen-bond donors (Lipinski definition) is 0. The molecule has 0 amide bonds. The maximum Gasteiger partial charge on any atom is 0.0714 e. The lowest BCUT2D eigenvalue weighted by atomic mass is 10.3. The first kappa shape index (κ1) is 7.54. The largest absolute Gasteiger partial charge is 0.0975 e. The van der Waals surface area contributed by atoms with Crippen LogP contribution in [0.15, 0.2) is 11.8 Å². The van der Waals surface area contributed by atoms with E-state index in [4.69, 9.17) is 0 Å². The van der Waals surface area contributed by atoms with E-state index >= 15 is 0 Å². The molecular weight excluding hydrogens is 192 g/mol. The summed E-state index contributed by atoms with van der Waals surface area (Å²) >= 11 is 3.58. The minimum Gasteiger partial charge on any atom is -0.0975 e. The molecule has 1 heterocycles. The van der Waals surface area contributed by atoms with Crippen LogP contribution in [0.3, 0.4) is 0 Å². The monoisotopic (exact) mass is 204 g/mol. The Labute approximate surface area is 66.5 Å². The van der Waals surface area contributed by atoms with E-state index in [0.29, 0.717) is 4.83 Å². The van der Waals surface area contributed by atoms with E-state index in [2.05, 4.69) is 40.8 Å². The van der Waals surface area contributed by atoms with Crippen LogP contribution in [0.1, 0.15) is 6.42 Å². The molecule has 0 N–H and O–H groups in total. The summed E-state index contributed by atoms with van der Waals surface area (Å²) in [5.41, 5.74) is 2.44. The molecule has 0 nitrogen and oxygen atoms in total. The van der Waals surface area contributed by atoms with Gasteiger partial charge in [0.05, 0.1) is 8.07 Å². The van der Waals surface area contributed by atoms with Gasteiger partial charge in [-0.2, -0.15) is 0 Å². The number of allylic oxidation sites excluding steroid dienone is 1. The molecule has 9 heavy (non-hydrogen) atoms. The average Bonchev–Trinajstić information content (AvgIpc) is 1.78. The van der Waals surface area contributed by atoms with Gasteiger partial charge < -0.3 is 0 Å². The minimum atomic E-state index is -0.843. The Kier molecular flexibility index (Phi) is 2.17. The second-order valence-corrected chi connectivity index (χ2v) is 9.39. The second kappa shape index (κ2) is 2.58. The van der Waals surface area contributed by atoms with Gasteiger partial charge >= 0.3 is 0 Å².